The molecule has 0 radical (unpaired) electrons. The second-order valence-electron chi connectivity index (χ2n) is 6.80. The third-order valence-corrected chi connectivity index (χ3v) is 4.82. The maximum Gasteiger partial charge on any atom is 0.224 e. The molecule has 1 aliphatic rings. The summed E-state index contributed by atoms with van der Waals surface area (Å²) in [6.45, 7) is 0. The SMILES string of the molecule is N[C@H]1CCCC[C@H]1Nc1nccc(Nc2cccc(-c3cncnc3)c2)n1. The van der Waals surface area contributed by atoms with E-state index in [2.05, 4.69) is 30.6 Å². The van der Waals surface area contributed by atoms with Crippen LogP contribution in [0.25, 0.3) is 11.1 Å². The third kappa shape index (κ3) is 4.38. The largest absolute Gasteiger partial charge is 0.350 e. The number of hydrogen-bond donors (Lipinski definition) is 3. The Bertz CT molecular complexity index is 884. The maximum absolute atomic E-state index is 6.22. The maximum atomic E-state index is 6.22. The molecule has 1 aromatic carbocycles. The van der Waals surface area contributed by atoms with Crippen molar-refractivity contribution in [2.45, 2.75) is 37.8 Å². The highest BCUT2D eigenvalue weighted by Crippen LogP contribution is 2.24. The van der Waals surface area contributed by atoms with Gasteiger partial charge in [-0.2, -0.15) is 4.98 Å². The second-order valence-corrected chi connectivity index (χ2v) is 6.80. The number of hydrogen-bond acceptors (Lipinski definition) is 7. The van der Waals surface area contributed by atoms with Crippen LogP contribution in [0.1, 0.15) is 25.7 Å². The van der Waals surface area contributed by atoms with Crippen molar-refractivity contribution in [3.05, 3.63) is 55.2 Å². The van der Waals surface area contributed by atoms with Crippen molar-refractivity contribution in [2.24, 2.45) is 5.73 Å². The lowest BCUT2D eigenvalue weighted by atomic mass is 9.91. The van der Waals surface area contributed by atoms with Gasteiger partial charge in [0.15, 0.2) is 0 Å². The van der Waals surface area contributed by atoms with Gasteiger partial charge in [0.05, 0.1) is 0 Å². The summed E-state index contributed by atoms with van der Waals surface area (Å²) in [5.41, 5.74) is 9.17. The Labute approximate surface area is 158 Å². The first kappa shape index (κ1) is 17.4. The van der Waals surface area contributed by atoms with Gasteiger partial charge in [-0.3, -0.25) is 0 Å². The van der Waals surface area contributed by atoms with Crippen LogP contribution in [-0.2, 0) is 0 Å². The minimum absolute atomic E-state index is 0.156. The topological polar surface area (TPSA) is 102 Å². The zero-order valence-electron chi connectivity index (χ0n) is 15.0. The highest BCUT2D eigenvalue weighted by molar-refractivity contribution is 5.69. The molecule has 0 spiro atoms. The van der Waals surface area contributed by atoms with Crippen molar-refractivity contribution in [2.75, 3.05) is 10.6 Å². The van der Waals surface area contributed by atoms with Gasteiger partial charge >= 0.3 is 0 Å². The molecule has 0 amide bonds. The van der Waals surface area contributed by atoms with Crippen LogP contribution >= 0.6 is 0 Å². The highest BCUT2D eigenvalue weighted by atomic mass is 15.2. The molecule has 3 aromatic rings. The minimum atomic E-state index is 0.156. The molecule has 0 unspecified atom stereocenters. The molecule has 2 heterocycles. The average molecular weight is 361 g/mol. The molecule has 27 heavy (non-hydrogen) atoms. The average Bonchev–Trinajstić information content (AvgIpc) is 2.71. The molecule has 4 N–H and O–H groups in total. The van der Waals surface area contributed by atoms with Crippen molar-refractivity contribution < 1.29 is 0 Å². The predicted octanol–water partition coefficient (Wildman–Crippen LogP) is 3.36. The molecule has 0 aliphatic heterocycles. The molecular formula is C20H23N7. The van der Waals surface area contributed by atoms with E-state index in [1.165, 1.54) is 19.2 Å². The van der Waals surface area contributed by atoms with Crippen LogP contribution in [0.2, 0.25) is 0 Å². The fraction of sp³-hybridized carbons (Fsp3) is 0.300. The second kappa shape index (κ2) is 8.09. The van der Waals surface area contributed by atoms with Crippen LogP contribution in [0.3, 0.4) is 0 Å². The van der Waals surface area contributed by atoms with E-state index < -0.39 is 0 Å². The third-order valence-electron chi connectivity index (χ3n) is 4.82. The summed E-state index contributed by atoms with van der Waals surface area (Å²) in [4.78, 5) is 17.1. The molecule has 7 nitrogen and oxygen atoms in total. The fourth-order valence-electron chi connectivity index (χ4n) is 3.37. The van der Waals surface area contributed by atoms with Crippen LogP contribution in [0.5, 0.6) is 0 Å². The summed E-state index contributed by atoms with van der Waals surface area (Å²) in [6.07, 6.45) is 11.4. The lowest BCUT2D eigenvalue weighted by molar-refractivity contribution is 0.402. The van der Waals surface area contributed by atoms with Crippen molar-refractivity contribution in [1.29, 1.82) is 0 Å². The number of benzene rings is 1. The Morgan fingerprint density at radius 2 is 1.85 bits per heavy atom. The molecule has 0 saturated heterocycles. The van der Waals surface area contributed by atoms with Gasteiger partial charge in [-0.25, -0.2) is 15.0 Å². The quantitative estimate of drug-likeness (QED) is 0.640. The lowest BCUT2D eigenvalue weighted by Crippen LogP contribution is -2.42. The van der Waals surface area contributed by atoms with Gasteiger partial charge in [-0.05, 0) is 36.6 Å². The number of aromatic nitrogens is 4. The molecule has 0 bridgehead atoms. The van der Waals surface area contributed by atoms with Crippen molar-refractivity contribution in [3.63, 3.8) is 0 Å². The van der Waals surface area contributed by atoms with Gasteiger partial charge in [0, 0.05) is 41.9 Å². The Kier molecular flexibility index (Phi) is 5.20. The van der Waals surface area contributed by atoms with Crippen molar-refractivity contribution >= 4 is 17.5 Å². The van der Waals surface area contributed by atoms with Crippen LogP contribution in [-0.4, -0.2) is 32.0 Å². The van der Waals surface area contributed by atoms with Crippen LogP contribution in [0.4, 0.5) is 17.5 Å². The molecule has 1 fully saturated rings. The first-order chi connectivity index (χ1) is 13.3. The number of nitrogens with two attached hydrogens (primary N) is 1. The van der Waals surface area contributed by atoms with Gasteiger partial charge in [-0.1, -0.05) is 25.0 Å². The van der Waals surface area contributed by atoms with E-state index in [-0.39, 0.29) is 12.1 Å². The Balaban J connectivity index is 1.48. The van der Waals surface area contributed by atoms with E-state index in [9.17, 15) is 0 Å². The van der Waals surface area contributed by atoms with Crippen LogP contribution in [0, 0.1) is 0 Å². The standard InChI is InChI=1S/C20H23N7/c21-17-6-1-2-7-18(17)26-20-24-9-8-19(27-20)25-16-5-3-4-14(10-16)15-11-22-13-23-12-15/h3-5,8-13,17-18H,1-2,6-7,21H2,(H2,24,25,26,27)/t17-,18+/m0/s1. The van der Waals surface area contributed by atoms with Gasteiger partial charge in [-0.15, -0.1) is 0 Å². The summed E-state index contributed by atoms with van der Waals surface area (Å²) in [5.74, 6) is 1.34. The fourth-order valence-corrected chi connectivity index (χ4v) is 3.37. The number of nitrogens with one attached hydrogen (secondary N) is 2. The number of rotatable bonds is 5. The molecule has 138 valence electrons. The van der Waals surface area contributed by atoms with E-state index >= 15 is 0 Å². The Morgan fingerprint density at radius 1 is 1.00 bits per heavy atom. The number of nitrogens with zero attached hydrogens (tertiary/aromatic N) is 4. The van der Waals surface area contributed by atoms with Crippen molar-refractivity contribution in [3.8, 4) is 11.1 Å². The molecule has 7 heteroatoms. The smallest absolute Gasteiger partial charge is 0.224 e. The van der Waals surface area contributed by atoms with E-state index in [4.69, 9.17) is 5.73 Å². The van der Waals surface area contributed by atoms with Crippen LogP contribution in [0.15, 0.2) is 55.2 Å². The summed E-state index contributed by atoms with van der Waals surface area (Å²) in [6, 6.07) is 10.3. The summed E-state index contributed by atoms with van der Waals surface area (Å²) in [5, 5.41) is 6.73. The predicted molar refractivity (Wildman–Crippen MR) is 107 cm³/mol. The first-order valence-corrected chi connectivity index (χ1v) is 9.25. The molecular weight excluding hydrogens is 338 g/mol. The molecule has 1 aliphatic carbocycles. The summed E-state index contributed by atoms with van der Waals surface area (Å²) >= 11 is 0. The van der Waals surface area contributed by atoms with Gasteiger partial charge in [0.25, 0.3) is 0 Å². The zero-order chi connectivity index (χ0) is 18.5. The minimum Gasteiger partial charge on any atom is -0.350 e. The molecule has 2 atom stereocenters. The zero-order valence-corrected chi connectivity index (χ0v) is 15.0. The monoisotopic (exact) mass is 361 g/mol. The summed E-state index contributed by atoms with van der Waals surface area (Å²) < 4.78 is 0. The normalized spacial score (nSPS) is 19.4. The van der Waals surface area contributed by atoms with E-state index in [0.29, 0.717) is 5.95 Å². The van der Waals surface area contributed by atoms with E-state index in [0.717, 1.165) is 35.5 Å². The molecule has 1 saturated carbocycles. The first-order valence-electron chi connectivity index (χ1n) is 9.25. The Hall–Kier alpha value is -3.06. The highest BCUT2D eigenvalue weighted by Gasteiger charge is 2.22. The molecule has 2 aromatic heterocycles. The van der Waals surface area contributed by atoms with E-state index in [1.54, 1.807) is 18.6 Å². The Morgan fingerprint density at radius 3 is 2.70 bits per heavy atom. The number of anilines is 3. The van der Waals surface area contributed by atoms with Gasteiger partial charge in [0.2, 0.25) is 5.95 Å². The van der Waals surface area contributed by atoms with E-state index in [1.807, 2.05) is 30.3 Å². The molecule has 4 rings (SSSR count). The van der Waals surface area contributed by atoms with Crippen molar-refractivity contribution in [1.82, 2.24) is 19.9 Å². The van der Waals surface area contributed by atoms with Gasteiger partial charge < -0.3 is 16.4 Å². The lowest BCUT2D eigenvalue weighted by Gasteiger charge is -2.29. The van der Waals surface area contributed by atoms with Gasteiger partial charge in [0.1, 0.15) is 12.1 Å². The summed E-state index contributed by atoms with van der Waals surface area (Å²) in [7, 11) is 0. The van der Waals surface area contributed by atoms with Crippen LogP contribution < -0.4 is 16.4 Å².